The van der Waals surface area contributed by atoms with E-state index in [2.05, 4.69) is 38.2 Å². The van der Waals surface area contributed by atoms with Crippen molar-refractivity contribution in [2.45, 2.75) is 39.5 Å². The van der Waals surface area contributed by atoms with Gasteiger partial charge in [-0.05, 0) is 56.2 Å². The lowest BCUT2D eigenvalue weighted by Crippen LogP contribution is -2.34. The van der Waals surface area contributed by atoms with E-state index in [0.29, 0.717) is 6.61 Å². The molecule has 0 amide bonds. The molecule has 0 heterocycles. The van der Waals surface area contributed by atoms with Gasteiger partial charge in [-0.15, -0.1) is 0 Å². The van der Waals surface area contributed by atoms with Crippen LogP contribution in [0.15, 0.2) is 48.5 Å². The molecule has 0 aromatic heterocycles. The van der Waals surface area contributed by atoms with E-state index in [4.69, 9.17) is 16.3 Å². The van der Waals surface area contributed by atoms with Gasteiger partial charge in [-0.1, -0.05) is 35.9 Å². The SMILES string of the molecule is CC(C)(C)NCc1ccc(OCc2cccc(Cl)c2)cc1. The number of hydrogen-bond acceptors (Lipinski definition) is 2. The van der Waals surface area contributed by atoms with Crippen LogP contribution in [0.2, 0.25) is 5.02 Å². The van der Waals surface area contributed by atoms with Gasteiger partial charge >= 0.3 is 0 Å². The molecule has 2 aromatic rings. The molecule has 0 unspecified atom stereocenters. The number of nitrogens with one attached hydrogen (secondary N) is 1. The van der Waals surface area contributed by atoms with Gasteiger partial charge in [0.1, 0.15) is 12.4 Å². The molecule has 0 aliphatic rings. The van der Waals surface area contributed by atoms with Crippen molar-refractivity contribution in [1.82, 2.24) is 5.32 Å². The van der Waals surface area contributed by atoms with Crippen LogP contribution in [0.5, 0.6) is 5.75 Å². The summed E-state index contributed by atoms with van der Waals surface area (Å²) >= 11 is 5.96. The second-order valence-corrected chi connectivity index (χ2v) is 6.60. The van der Waals surface area contributed by atoms with Crippen LogP contribution >= 0.6 is 11.6 Å². The first-order chi connectivity index (χ1) is 9.92. The molecule has 0 radical (unpaired) electrons. The highest BCUT2D eigenvalue weighted by atomic mass is 35.5. The summed E-state index contributed by atoms with van der Waals surface area (Å²) in [6, 6.07) is 15.9. The molecule has 2 nitrogen and oxygen atoms in total. The number of ether oxygens (including phenoxy) is 1. The van der Waals surface area contributed by atoms with E-state index in [1.807, 2.05) is 36.4 Å². The van der Waals surface area contributed by atoms with E-state index < -0.39 is 0 Å². The standard InChI is InChI=1S/C18H22ClNO/c1-18(2,3)20-12-14-7-9-17(10-8-14)21-13-15-5-4-6-16(19)11-15/h4-11,20H,12-13H2,1-3H3. The van der Waals surface area contributed by atoms with Crippen molar-refractivity contribution >= 4 is 11.6 Å². The van der Waals surface area contributed by atoms with Crippen LogP contribution in [0, 0.1) is 0 Å². The Labute approximate surface area is 132 Å². The Balaban J connectivity index is 1.87. The second kappa shape index (κ2) is 6.97. The molecule has 0 aliphatic heterocycles. The van der Waals surface area contributed by atoms with Crippen molar-refractivity contribution in [2.75, 3.05) is 0 Å². The van der Waals surface area contributed by atoms with Crippen LogP contribution in [0.1, 0.15) is 31.9 Å². The minimum atomic E-state index is 0.127. The molecule has 0 bridgehead atoms. The molecule has 0 saturated carbocycles. The summed E-state index contributed by atoms with van der Waals surface area (Å²) in [7, 11) is 0. The topological polar surface area (TPSA) is 21.3 Å². The second-order valence-electron chi connectivity index (χ2n) is 6.17. The van der Waals surface area contributed by atoms with E-state index >= 15 is 0 Å². The summed E-state index contributed by atoms with van der Waals surface area (Å²) in [6.07, 6.45) is 0. The van der Waals surface area contributed by atoms with E-state index in [-0.39, 0.29) is 5.54 Å². The molecule has 2 aromatic carbocycles. The van der Waals surface area contributed by atoms with Gasteiger partial charge < -0.3 is 10.1 Å². The van der Waals surface area contributed by atoms with Crippen LogP contribution in [-0.4, -0.2) is 5.54 Å². The van der Waals surface area contributed by atoms with Crippen LogP contribution in [-0.2, 0) is 13.2 Å². The Bertz CT molecular complexity index is 573. The fraction of sp³-hybridized carbons (Fsp3) is 0.333. The van der Waals surface area contributed by atoms with E-state index in [1.165, 1.54) is 5.56 Å². The Morgan fingerprint density at radius 3 is 2.33 bits per heavy atom. The van der Waals surface area contributed by atoms with Crippen LogP contribution < -0.4 is 10.1 Å². The van der Waals surface area contributed by atoms with E-state index in [9.17, 15) is 0 Å². The first-order valence-electron chi connectivity index (χ1n) is 7.14. The molecule has 0 spiro atoms. The van der Waals surface area contributed by atoms with Crippen molar-refractivity contribution in [2.24, 2.45) is 0 Å². The molecule has 0 atom stereocenters. The summed E-state index contributed by atoms with van der Waals surface area (Å²) < 4.78 is 5.77. The number of rotatable bonds is 5. The molecule has 112 valence electrons. The smallest absolute Gasteiger partial charge is 0.119 e. The molecule has 0 saturated heterocycles. The molecule has 3 heteroatoms. The largest absolute Gasteiger partial charge is 0.489 e. The Morgan fingerprint density at radius 1 is 1.00 bits per heavy atom. The van der Waals surface area contributed by atoms with Crippen molar-refractivity contribution in [1.29, 1.82) is 0 Å². The average Bonchev–Trinajstić information content (AvgIpc) is 2.43. The molecule has 21 heavy (non-hydrogen) atoms. The lowest BCUT2D eigenvalue weighted by atomic mass is 10.1. The third-order valence-electron chi connectivity index (χ3n) is 3.04. The maximum atomic E-state index is 5.96. The highest BCUT2D eigenvalue weighted by molar-refractivity contribution is 6.30. The third-order valence-corrected chi connectivity index (χ3v) is 3.28. The summed E-state index contributed by atoms with van der Waals surface area (Å²) in [6.45, 7) is 7.87. The number of hydrogen-bond donors (Lipinski definition) is 1. The van der Waals surface area contributed by atoms with Gasteiger partial charge in [0.2, 0.25) is 0 Å². The normalized spacial score (nSPS) is 11.4. The van der Waals surface area contributed by atoms with Gasteiger partial charge in [0, 0.05) is 17.1 Å². The minimum absolute atomic E-state index is 0.127. The van der Waals surface area contributed by atoms with E-state index in [1.54, 1.807) is 0 Å². The van der Waals surface area contributed by atoms with Crippen molar-refractivity contribution in [3.8, 4) is 5.75 Å². The molecular formula is C18H22ClNO. The summed E-state index contributed by atoms with van der Waals surface area (Å²) in [4.78, 5) is 0. The zero-order valence-electron chi connectivity index (χ0n) is 12.8. The van der Waals surface area contributed by atoms with E-state index in [0.717, 1.165) is 22.9 Å². The third kappa shape index (κ3) is 5.78. The van der Waals surface area contributed by atoms with Gasteiger partial charge in [0.15, 0.2) is 0 Å². The molecule has 2 rings (SSSR count). The number of halogens is 1. The first kappa shape index (κ1) is 15.9. The highest BCUT2D eigenvalue weighted by Gasteiger charge is 2.08. The predicted octanol–water partition coefficient (Wildman–Crippen LogP) is 4.81. The Morgan fingerprint density at radius 2 is 1.71 bits per heavy atom. The molecule has 0 aliphatic carbocycles. The first-order valence-corrected chi connectivity index (χ1v) is 7.51. The maximum absolute atomic E-state index is 5.96. The number of benzene rings is 2. The molecule has 0 fully saturated rings. The van der Waals surface area contributed by atoms with Crippen molar-refractivity contribution < 1.29 is 4.74 Å². The van der Waals surface area contributed by atoms with Gasteiger partial charge in [0.05, 0.1) is 0 Å². The molecule has 1 N–H and O–H groups in total. The molecular weight excluding hydrogens is 282 g/mol. The highest BCUT2D eigenvalue weighted by Crippen LogP contribution is 2.16. The van der Waals surface area contributed by atoms with Gasteiger partial charge in [-0.3, -0.25) is 0 Å². The Kier molecular flexibility index (Phi) is 5.27. The van der Waals surface area contributed by atoms with Gasteiger partial charge in [-0.2, -0.15) is 0 Å². The quantitative estimate of drug-likeness (QED) is 0.856. The fourth-order valence-electron chi connectivity index (χ4n) is 1.86. The van der Waals surface area contributed by atoms with Crippen molar-refractivity contribution in [3.63, 3.8) is 0 Å². The van der Waals surface area contributed by atoms with Crippen LogP contribution in [0.3, 0.4) is 0 Å². The Hall–Kier alpha value is -1.51. The summed E-state index contributed by atoms with van der Waals surface area (Å²) in [5.74, 6) is 0.870. The monoisotopic (exact) mass is 303 g/mol. The summed E-state index contributed by atoms with van der Waals surface area (Å²) in [5, 5.41) is 4.20. The van der Waals surface area contributed by atoms with Gasteiger partial charge in [0.25, 0.3) is 0 Å². The summed E-state index contributed by atoms with van der Waals surface area (Å²) in [5.41, 5.74) is 2.45. The van der Waals surface area contributed by atoms with Crippen LogP contribution in [0.25, 0.3) is 0 Å². The van der Waals surface area contributed by atoms with Crippen LogP contribution in [0.4, 0.5) is 0 Å². The average molecular weight is 304 g/mol. The maximum Gasteiger partial charge on any atom is 0.119 e. The van der Waals surface area contributed by atoms with Crippen molar-refractivity contribution in [3.05, 3.63) is 64.7 Å². The fourth-order valence-corrected chi connectivity index (χ4v) is 2.08. The minimum Gasteiger partial charge on any atom is -0.489 e. The predicted molar refractivity (Wildman–Crippen MR) is 88.8 cm³/mol. The lowest BCUT2D eigenvalue weighted by molar-refractivity contribution is 0.306. The lowest BCUT2D eigenvalue weighted by Gasteiger charge is -2.20. The zero-order valence-corrected chi connectivity index (χ0v) is 13.6. The van der Waals surface area contributed by atoms with Gasteiger partial charge in [-0.25, -0.2) is 0 Å². The zero-order chi connectivity index (χ0) is 15.3.